The molecule has 164 valence electrons. The summed E-state index contributed by atoms with van der Waals surface area (Å²) < 4.78 is 15.9. The van der Waals surface area contributed by atoms with Crippen LogP contribution in [0.3, 0.4) is 0 Å². The van der Waals surface area contributed by atoms with Crippen molar-refractivity contribution >= 4 is 35.2 Å². The Morgan fingerprint density at radius 1 is 1.00 bits per heavy atom. The highest BCUT2D eigenvalue weighted by atomic mass is 32.1. The fourth-order valence-corrected chi connectivity index (χ4v) is 2.65. The second kappa shape index (κ2) is 11.6. The van der Waals surface area contributed by atoms with Gasteiger partial charge in [0.05, 0.1) is 14.2 Å². The number of hydrazine groups is 1. The molecule has 8 nitrogen and oxygen atoms in total. The Balaban J connectivity index is 1.77. The number of methoxy groups -OCH3 is 2. The maximum atomic E-state index is 12.0. The second-order valence-electron chi connectivity index (χ2n) is 6.43. The van der Waals surface area contributed by atoms with Gasteiger partial charge in [0.15, 0.2) is 23.2 Å². The van der Waals surface area contributed by atoms with Gasteiger partial charge in [0, 0.05) is 6.08 Å². The maximum absolute atomic E-state index is 12.0. The number of benzene rings is 2. The third-order valence-electron chi connectivity index (χ3n) is 4.30. The van der Waals surface area contributed by atoms with Crippen LogP contribution in [-0.2, 0) is 9.59 Å². The van der Waals surface area contributed by atoms with E-state index in [4.69, 9.17) is 26.4 Å². The molecule has 9 heteroatoms. The van der Waals surface area contributed by atoms with Crippen molar-refractivity contribution in [1.82, 2.24) is 16.2 Å². The van der Waals surface area contributed by atoms with Gasteiger partial charge in [-0.25, -0.2) is 0 Å². The number of hydrogen-bond acceptors (Lipinski definition) is 6. The monoisotopic (exact) mass is 443 g/mol. The van der Waals surface area contributed by atoms with E-state index in [1.165, 1.54) is 13.2 Å². The molecule has 0 unspecified atom stereocenters. The van der Waals surface area contributed by atoms with Crippen molar-refractivity contribution in [1.29, 1.82) is 0 Å². The summed E-state index contributed by atoms with van der Waals surface area (Å²) in [5.74, 6) is 0.859. The molecule has 0 heterocycles. The van der Waals surface area contributed by atoms with Gasteiger partial charge in [-0.2, -0.15) is 0 Å². The van der Waals surface area contributed by atoms with Gasteiger partial charge in [-0.3, -0.25) is 25.8 Å². The number of amides is 2. The molecular weight excluding hydrogens is 418 g/mol. The molecule has 2 rings (SSSR count). The lowest BCUT2D eigenvalue weighted by Gasteiger charge is -2.12. The van der Waals surface area contributed by atoms with Crippen LogP contribution in [0, 0.1) is 13.8 Å². The zero-order valence-corrected chi connectivity index (χ0v) is 18.6. The first-order chi connectivity index (χ1) is 14.8. The molecule has 0 spiro atoms. The first kappa shape index (κ1) is 23.7. The molecule has 0 bridgehead atoms. The van der Waals surface area contributed by atoms with Crippen molar-refractivity contribution in [3.8, 4) is 17.2 Å². The minimum Gasteiger partial charge on any atom is -0.493 e. The predicted octanol–water partition coefficient (Wildman–Crippen LogP) is 2.43. The van der Waals surface area contributed by atoms with E-state index in [9.17, 15) is 9.59 Å². The van der Waals surface area contributed by atoms with Gasteiger partial charge in [0.2, 0.25) is 5.91 Å². The van der Waals surface area contributed by atoms with Crippen LogP contribution in [0.1, 0.15) is 16.7 Å². The molecule has 3 N–H and O–H groups in total. The van der Waals surface area contributed by atoms with Gasteiger partial charge in [-0.1, -0.05) is 18.2 Å². The van der Waals surface area contributed by atoms with Crippen molar-refractivity contribution in [2.24, 2.45) is 0 Å². The maximum Gasteiger partial charge on any atom is 0.276 e. The smallest absolute Gasteiger partial charge is 0.276 e. The SMILES string of the molecule is COc1ccc(/C=C/C(=O)NC(=S)NNC(=O)COc2cccc(C)c2C)cc1OC. The Morgan fingerprint density at radius 2 is 1.74 bits per heavy atom. The van der Waals surface area contributed by atoms with Crippen LogP contribution in [0.15, 0.2) is 42.5 Å². The number of aryl methyl sites for hydroxylation is 1. The van der Waals surface area contributed by atoms with Crippen LogP contribution >= 0.6 is 12.2 Å². The Labute approximate surface area is 186 Å². The summed E-state index contributed by atoms with van der Waals surface area (Å²) in [5.41, 5.74) is 7.60. The largest absolute Gasteiger partial charge is 0.493 e. The molecule has 0 saturated carbocycles. The minimum atomic E-state index is -0.465. The first-order valence-electron chi connectivity index (χ1n) is 9.33. The van der Waals surface area contributed by atoms with Gasteiger partial charge in [-0.05, 0) is 67.0 Å². The van der Waals surface area contributed by atoms with E-state index in [2.05, 4.69) is 16.2 Å². The van der Waals surface area contributed by atoms with Gasteiger partial charge in [-0.15, -0.1) is 0 Å². The zero-order chi connectivity index (χ0) is 22.8. The number of carbonyl (C=O) groups is 2. The number of thiocarbonyl (C=S) groups is 1. The second-order valence-corrected chi connectivity index (χ2v) is 6.83. The Kier molecular flexibility index (Phi) is 8.83. The molecule has 0 aromatic heterocycles. The third-order valence-corrected chi connectivity index (χ3v) is 4.50. The lowest BCUT2D eigenvalue weighted by atomic mass is 10.1. The summed E-state index contributed by atoms with van der Waals surface area (Å²) in [4.78, 5) is 23.9. The number of ether oxygens (including phenoxy) is 3. The van der Waals surface area contributed by atoms with Crippen LogP contribution in [-0.4, -0.2) is 37.8 Å². The lowest BCUT2D eigenvalue weighted by molar-refractivity contribution is -0.123. The standard InChI is InChI=1S/C22H25N3O5S/c1-14-6-5-7-17(15(14)2)30-13-21(27)24-25-22(31)23-20(26)11-9-16-8-10-18(28-3)19(12-16)29-4/h5-12H,13H2,1-4H3,(H,24,27)(H2,23,25,26,31)/b11-9+. The molecule has 0 aliphatic heterocycles. The van der Waals surface area contributed by atoms with E-state index in [0.29, 0.717) is 17.2 Å². The summed E-state index contributed by atoms with van der Waals surface area (Å²) in [5, 5.41) is 2.38. The van der Waals surface area contributed by atoms with Gasteiger partial charge in [0.25, 0.3) is 5.91 Å². The molecule has 2 aromatic rings. The summed E-state index contributed by atoms with van der Waals surface area (Å²) in [6, 6.07) is 10.9. The topological polar surface area (TPSA) is 97.9 Å². The molecule has 31 heavy (non-hydrogen) atoms. The Morgan fingerprint density at radius 3 is 2.45 bits per heavy atom. The van der Waals surface area contributed by atoms with E-state index >= 15 is 0 Å². The zero-order valence-electron chi connectivity index (χ0n) is 17.8. The number of rotatable bonds is 7. The molecule has 0 saturated heterocycles. The fourth-order valence-electron chi connectivity index (χ4n) is 2.50. The van der Waals surface area contributed by atoms with Crippen LogP contribution < -0.4 is 30.4 Å². The Hall–Kier alpha value is -3.59. The van der Waals surface area contributed by atoms with E-state index in [0.717, 1.165) is 16.7 Å². The van der Waals surface area contributed by atoms with Gasteiger partial charge < -0.3 is 14.2 Å². The molecule has 0 radical (unpaired) electrons. The van der Waals surface area contributed by atoms with Crippen molar-refractivity contribution < 1.29 is 23.8 Å². The van der Waals surface area contributed by atoms with E-state index in [1.54, 1.807) is 37.5 Å². The molecule has 0 atom stereocenters. The van der Waals surface area contributed by atoms with Gasteiger partial charge >= 0.3 is 0 Å². The highest BCUT2D eigenvalue weighted by Crippen LogP contribution is 2.27. The van der Waals surface area contributed by atoms with Crippen molar-refractivity contribution in [3.05, 3.63) is 59.2 Å². The van der Waals surface area contributed by atoms with E-state index in [-0.39, 0.29) is 11.7 Å². The quantitative estimate of drug-likeness (QED) is 0.343. The first-order valence-corrected chi connectivity index (χ1v) is 9.73. The highest BCUT2D eigenvalue weighted by molar-refractivity contribution is 7.80. The normalized spacial score (nSPS) is 10.3. The molecule has 0 aliphatic rings. The summed E-state index contributed by atoms with van der Waals surface area (Å²) >= 11 is 5.00. The van der Waals surface area contributed by atoms with Crippen molar-refractivity contribution in [2.45, 2.75) is 13.8 Å². The predicted molar refractivity (Wildman–Crippen MR) is 122 cm³/mol. The van der Waals surface area contributed by atoms with E-state index < -0.39 is 11.8 Å². The average Bonchev–Trinajstić information content (AvgIpc) is 2.77. The van der Waals surface area contributed by atoms with Crippen molar-refractivity contribution in [2.75, 3.05) is 20.8 Å². The average molecular weight is 444 g/mol. The summed E-state index contributed by atoms with van der Waals surface area (Å²) in [7, 11) is 3.08. The molecule has 2 aromatic carbocycles. The van der Waals surface area contributed by atoms with Gasteiger partial charge in [0.1, 0.15) is 5.75 Å². The number of hydrogen-bond donors (Lipinski definition) is 3. The van der Waals surface area contributed by atoms with Crippen LogP contribution in [0.4, 0.5) is 0 Å². The number of nitrogens with one attached hydrogen (secondary N) is 3. The molecular formula is C22H25N3O5S. The molecule has 2 amide bonds. The van der Waals surface area contributed by atoms with Crippen LogP contribution in [0.2, 0.25) is 0 Å². The van der Waals surface area contributed by atoms with Crippen molar-refractivity contribution in [3.63, 3.8) is 0 Å². The van der Waals surface area contributed by atoms with E-state index in [1.807, 2.05) is 26.0 Å². The summed E-state index contributed by atoms with van der Waals surface area (Å²) in [6.07, 6.45) is 2.90. The fraction of sp³-hybridized carbons (Fsp3) is 0.227. The van der Waals surface area contributed by atoms with Crippen LogP contribution in [0.25, 0.3) is 6.08 Å². The minimum absolute atomic E-state index is 0.0537. The Bertz CT molecular complexity index is 991. The number of carbonyl (C=O) groups excluding carboxylic acids is 2. The summed E-state index contributed by atoms with van der Waals surface area (Å²) in [6.45, 7) is 3.68. The molecule has 0 aliphatic carbocycles. The third kappa shape index (κ3) is 7.31. The molecule has 0 fully saturated rings. The van der Waals surface area contributed by atoms with Crippen LogP contribution in [0.5, 0.6) is 17.2 Å². The lowest BCUT2D eigenvalue weighted by Crippen LogP contribution is -2.49. The highest BCUT2D eigenvalue weighted by Gasteiger charge is 2.08.